The van der Waals surface area contributed by atoms with Crippen molar-refractivity contribution in [3.63, 3.8) is 0 Å². The summed E-state index contributed by atoms with van der Waals surface area (Å²) in [5.74, 6) is -0.375. The number of nitrogens with two attached hydrogens (primary N) is 1. The second kappa shape index (κ2) is 4.89. The molecule has 2 N–H and O–H groups in total. The number of carbonyl (C=O) groups is 2. The highest BCUT2D eigenvalue weighted by atomic mass is 16.5. The average Bonchev–Trinajstić information content (AvgIpc) is 2.90. The van der Waals surface area contributed by atoms with Gasteiger partial charge in [-0.15, -0.1) is 0 Å². The maximum Gasteiger partial charge on any atom is 0.274 e. The molecule has 20 heavy (non-hydrogen) atoms. The molecule has 0 bridgehead atoms. The van der Waals surface area contributed by atoms with Gasteiger partial charge in [-0.3, -0.25) is 14.0 Å². The van der Waals surface area contributed by atoms with Gasteiger partial charge in [0.25, 0.3) is 5.91 Å². The van der Waals surface area contributed by atoms with E-state index in [0.29, 0.717) is 12.3 Å². The van der Waals surface area contributed by atoms with E-state index in [1.165, 1.54) is 4.90 Å². The number of aromatic nitrogens is 3. The highest BCUT2D eigenvalue weighted by Gasteiger charge is 2.29. The monoisotopic (exact) mass is 275 g/mol. The van der Waals surface area contributed by atoms with E-state index in [2.05, 4.69) is 9.97 Å². The summed E-state index contributed by atoms with van der Waals surface area (Å²) in [7, 11) is 0. The molecule has 3 heterocycles. The summed E-state index contributed by atoms with van der Waals surface area (Å²) in [5.41, 5.74) is 5.48. The van der Waals surface area contributed by atoms with Crippen LogP contribution in [0.1, 0.15) is 10.5 Å². The number of nitrogens with zero attached hydrogens (tertiary/aromatic N) is 4. The van der Waals surface area contributed by atoms with E-state index in [0.717, 1.165) is 0 Å². The summed E-state index contributed by atoms with van der Waals surface area (Å²) in [6.07, 6.45) is 4.22. The molecule has 0 aliphatic carbocycles. The number of morpholine rings is 1. The van der Waals surface area contributed by atoms with Gasteiger partial charge >= 0.3 is 0 Å². The van der Waals surface area contributed by atoms with E-state index in [1.807, 2.05) is 0 Å². The largest absolute Gasteiger partial charge is 0.367 e. The zero-order chi connectivity index (χ0) is 14.1. The van der Waals surface area contributed by atoms with Gasteiger partial charge in [0.1, 0.15) is 5.69 Å². The molecule has 1 atom stereocenters. The smallest absolute Gasteiger partial charge is 0.274 e. The molecule has 8 heteroatoms. The minimum Gasteiger partial charge on any atom is -0.367 e. The minimum atomic E-state index is -0.761. The van der Waals surface area contributed by atoms with Crippen molar-refractivity contribution < 1.29 is 14.3 Å². The van der Waals surface area contributed by atoms with Crippen molar-refractivity contribution in [3.05, 3.63) is 30.4 Å². The third kappa shape index (κ3) is 2.21. The van der Waals surface area contributed by atoms with E-state index in [4.69, 9.17) is 10.5 Å². The summed E-state index contributed by atoms with van der Waals surface area (Å²) in [5, 5.41) is 0. The van der Waals surface area contributed by atoms with Gasteiger partial charge in [-0.1, -0.05) is 0 Å². The van der Waals surface area contributed by atoms with E-state index in [1.54, 1.807) is 29.1 Å². The van der Waals surface area contributed by atoms with Crippen LogP contribution in [0.25, 0.3) is 5.78 Å². The van der Waals surface area contributed by atoms with Gasteiger partial charge in [0, 0.05) is 25.1 Å². The van der Waals surface area contributed by atoms with Gasteiger partial charge in [0.2, 0.25) is 11.7 Å². The Morgan fingerprint density at radius 3 is 3.05 bits per heavy atom. The molecule has 3 rings (SSSR count). The predicted octanol–water partition coefficient (Wildman–Crippen LogP) is -0.944. The molecule has 2 aromatic heterocycles. The lowest BCUT2D eigenvalue weighted by atomic mass is 10.2. The molecule has 1 saturated heterocycles. The summed E-state index contributed by atoms with van der Waals surface area (Å²) in [6, 6.07) is 1.75. The van der Waals surface area contributed by atoms with E-state index in [-0.39, 0.29) is 24.8 Å². The van der Waals surface area contributed by atoms with Gasteiger partial charge < -0.3 is 15.4 Å². The maximum atomic E-state index is 12.4. The van der Waals surface area contributed by atoms with E-state index in [9.17, 15) is 9.59 Å². The predicted molar refractivity (Wildman–Crippen MR) is 67.8 cm³/mol. The van der Waals surface area contributed by atoms with Crippen LogP contribution < -0.4 is 5.73 Å². The number of carbonyl (C=O) groups excluding carboxylic acids is 2. The molecule has 104 valence electrons. The van der Waals surface area contributed by atoms with Gasteiger partial charge in [0.15, 0.2) is 6.10 Å². The number of ether oxygens (including phenoxy) is 1. The Balaban J connectivity index is 1.82. The number of imidazole rings is 1. The lowest BCUT2D eigenvalue weighted by Crippen LogP contribution is -2.50. The molecular weight excluding hydrogens is 262 g/mol. The highest BCUT2D eigenvalue weighted by Crippen LogP contribution is 2.10. The first-order chi connectivity index (χ1) is 9.65. The second-order valence-corrected chi connectivity index (χ2v) is 4.47. The van der Waals surface area contributed by atoms with Gasteiger partial charge in [-0.25, -0.2) is 9.97 Å². The van der Waals surface area contributed by atoms with Crippen LogP contribution in [0.3, 0.4) is 0 Å². The first kappa shape index (κ1) is 12.5. The van der Waals surface area contributed by atoms with Crippen LogP contribution >= 0.6 is 0 Å². The van der Waals surface area contributed by atoms with Gasteiger partial charge in [-0.05, 0) is 6.07 Å². The zero-order valence-electron chi connectivity index (χ0n) is 10.6. The first-order valence-electron chi connectivity index (χ1n) is 6.15. The number of amides is 2. The normalized spacial score (nSPS) is 19.2. The van der Waals surface area contributed by atoms with E-state index < -0.39 is 12.0 Å². The molecule has 0 radical (unpaired) electrons. The van der Waals surface area contributed by atoms with Crippen LogP contribution in [0.15, 0.2) is 24.7 Å². The third-order valence-corrected chi connectivity index (χ3v) is 3.13. The Hall–Kier alpha value is -2.48. The second-order valence-electron chi connectivity index (χ2n) is 4.47. The molecule has 0 spiro atoms. The molecule has 1 aliphatic rings. The highest BCUT2D eigenvalue weighted by molar-refractivity contribution is 5.93. The Kier molecular flexibility index (Phi) is 3.07. The molecule has 2 aromatic rings. The Morgan fingerprint density at radius 2 is 2.30 bits per heavy atom. The zero-order valence-corrected chi connectivity index (χ0v) is 10.6. The van der Waals surface area contributed by atoms with Crippen molar-refractivity contribution in [2.24, 2.45) is 5.73 Å². The Morgan fingerprint density at radius 1 is 1.45 bits per heavy atom. The lowest BCUT2D eigenvalue weighted by molar-refractivity contribution is -0.133. The van der Waals surface area contributed by atoms with Gasteiger partial charge in [-0.2, -0.15) is 0 Å². The fraction of sp³-hybridized carbons (Fsp3) is 0.333. The van der Waals surface area contributed by atoms with Gasteiger partial charge in [0.05, 0.1) is 13.2 Å². The van der Waals surface area contributed by atoms with Crippen LogP contribution in [0.5, 0.6) is 0 Å². The summed E-state index contributed by atoms with van der Waals surface area (Å²) in [4.78, 5) is 33.2. The summed E-state index contributed by atoms with van der Waals surface area (Å²) < 4.78 is 6.87. The number of rotatable bonds is 2. The van der Waals surface area contributed by atoms with Crippen LogP contribution in [0.4, 0.5) is 0 Å². The van der Waals surface area contributed by atoms with Crippen molar-refractivity contribution in [2.75, 3.05) is 19.7 Å². The number of fused-ring (bicyclic) bond motifs is 1. The maximum absolute atomic E-state index is 12.4. The van der Waals surface area contributed by atoms with Crippen molar-refractivity contribution in [3.8, 4) is 0 Å². The third-order valence-electron chi connectivity index (χ3n) is 3.13. The molecule has 1 unspecified atom stereocenters. The summed E-state index contributed by atoms with van der Waals surface area (Å²) in [6.45, 7) is 0.838. The molecule has 0 aromatic carbocycles. The first-order valence-corrected chi connectivity index (χ1v) is 6.15. The Bertz CT molecular complexity index is 635. The fourth-order valence-electron chi connectivity index (χ4n) is 2.10. The van der Waals surface area contributed by atoms with Crippen LogP contribution in [-0.2, 0) is 9.53 Å². The van der Waals surface area contributed by atoms with Crippen molar-refractivity contribution in [1.29, 1.82) is 0 Å². The molecule has 8 nitrogen and oxygen atoms in total. The van der Waals surface area contributed by atoms with Crippen LogP contribution in [0.2, 0.25) is 0 Å². The summed E-state index contributed by atoms with van der Waals surface area (Å²) >= 11 is 0. The minimum absolute atomic E-state index is 0.148. The van der Waals surface area contributed by atoms with Crippen molar-refractivity contribution in [2.45, 2.75) is 6.10 Å². The van der Waals surface area contributed by atoms with Crippen LogP contribution in [-0.4, -0.2) is 56.9 Å². The van der Waals surface area contributed by atoms with Crippen molar-refractivity contribution >= 4 is 17.6 Å². The molecule has 1 fully saturated rings. The Labute approximate surface area is 114 Å². The SMILES string of the molecule is NC(=O)C1CN(C(=O)c2cn3cccnc3n2)CCO1. The number of hydrogen-bond donors (Lipinski definition) is 1. The van der Waals surface area contributed by atoms with Crippen LogP contribution in [0, 0.1) is 0 Å². The molecular formula is C12H13N5O3. The number of primary amides is 1. The fourth-order valence-corrected chi connectivity index (χ4v) is 2.10. The topological polar surface area (TPSA) is 103 Å². The molecule has 0 saturated carbocycles. The molecule has 1 aliphatic heterocycles. The number of hydrogen-bond acceptors (Lipinski definition) is 5. The van der Waals surface area contributed by atoms with Crippen molar-refractivity contribution in [1.82, 2.24) is 19.3 Å². The molecule has 2 amide bonds. The lowest BCUT2D eigenvalue weighted by Gasteiger charge is -2.30. The van der Waals surface area contributed by atoms with E-state index >= 15 is 0 Å². The average molecular weight is 275 g/mol. The quantitative estimate of drug-likeness (QED) is 0.761. The standard InChI is InChI=1S/C12H13N5O3/c13-10(18)9-7-16(4-5-20-9)11(19)8-6-17-3-1-2-14-12(17)15-8/h1-3,6,9H,4-5,7H2,(H2,13,18).